The average molecular weight is 721 g/mol. The van der Waals surface area contributed by atoms with E-state index in [2.05, 4.69) is 211 Å². The summed E-state index contributed by atoms with van der Waals surface area (Å²) < 4.78 is 2.34. The first-order valence-electron chi connectivity index (χ1n) is 18.7. The Morgan fingerprint density at radius 3 is 1.49 bits per heavy atom. The van der Waals surface area contributed by atoms with Crippen LogP contribution in [0.4, 0.5) is 0 Å². The summed E-state index contributed by atoms with van der Waals surface area (Å²) in [4.78, 5) is 6.66. The lowest BCUT2D eigenvalue weighted by molar-refractivity contribution is 1.07. The van der Waals surface area contributed by atoms with Crippen molar-refractivity contribution >= 4 is 44.1 Å². The molecule has 9 aromatic carbocycles. The molecule has 0 aliphatic heterocycles. The molecule has 0 fully saturated rings. The molecule has 0 aliphatic rings. The maximum absolute atomic E-state index is 5.43. The summed E-state index contributed by atoms with van der Waals surface area (Å²) >= 11 is 1.75. The van der Waals surface area contributed by atoms with E-state index in [9.17, 15) is 0 Å². The number of hydrogen-bond donors (Lipinski definition) is 0. The van der Waals surface area contributed by atoms with E-state index in [-0.39, 0.29) is 0 Å². The van der Waals surface area contributed by atoms with E-state index in [0.29, 0.717) is 0 Å². The van der Waals surface area contributed by atoms with Crippen molar-refractivity contribution in [1.29, 1.82) is 0 Å². The number of aromatic nitrogens is 2. The van der Waals surface area contributed by atoms with E-state index in [1.807, 2.05) is 0 Å². The molecule has 0 bridgehead atoms. The Morgan fingerprint density at radius 2 is 0.891 bits per heavy atom. The quantitative estimate of drug-likeness (QED) is 0.120. The fourth-order valence-corrected chi connectivity index (χ4v) is 8.55. The zero-order chi connectivity index (χ0) is 36.7. The molecule has 0 aliphatic carbocycles. The molecule has 0 saturated heterocycles. The predicted octanol–water partition coefficient (Wildman–Crippen LogP) is 14.4. The fraction of sp³-hybridized carbons (Fsp3) is 0.0192. The molecule has 2 nitrogen and oxygen atoms in total. The molecule has 3 heteroatoms. The van der Waals surface area contributed by atoms with E-state index in [4.69, 9.17) is 4.98 Å². The molecule has 0 saturated carbocycles. The van der Waals surface area contributed by atoms with Gasteiger partial charge in [-0.05, 0) is 91.2 Å². The molecule has 1 aromatic heterocycles. The third kappa shape index (κ3) is 5.81. The molecule has 0 atom stereocenters. The van der Waals surface area contributed by atoms with Crippen LogP contribution in [-0.4, -0.2) is 15.8 Å². The third-order valence-corrected chi connectivity index (χ3v) is 11.4. The first-order valence-corrected chi connectivity index (χ1v) is 19.9. The van der Waals surface area contributed by atoms with Gasteiger partial charge in [0, 0.05) is 27.3 Å². The highest BCUT2D eigenvalue weighted by molar-refractivity contribution is 7.98. The lowest BCUT2D eigenvalue weighted by atomic mass is 9.85. The number of hydrogen-bond acceptors (Lipinski definition) is 2. The second kappa shape index (κ2) is 13.9. The maximum Gasteiger partial charge on any atom is 0.145 e. The Bertz CT molecular complexity index is 2930. The van der Waals surface area contributed by atoms with Gasteiger partial charge in [-0.3, -0.25) is 4.57 Å². The second-order valence-corrected chi connectivity index (χ2v) is 14.8. The van der Waals surface area contributed by atoms with E-state index >= 15 is 0 Å². The number of thioether (sulfide) groups is 1. The summed E-state index contributed by atoms with van der Waals surface area (Å²) in [5.74, 6) is 0.911. The molecular formula is C52H36N2S. The number of imidazole rings is 1. The molecular weight excluding hydrogens is 685 g/mol. The zero-order valence-electron chi connectivity index (χ0n) is 30.4. The van der Waals surface area contributed by atoms with Gasteiger partial charge in [-0.2, -0.15) is 0 Å². The highest BCUT2D eigenvalue weighted by Crippen LogP contribution is 2.45. The van der Waals surface area contributed by atoms with Gasteiger partial charge in [-0.25, -0.2) is 4.98 Å². The summed E-state index contributed by atoms with van der Waals surface area (Å²) in [6.07, 6.45) is 2.11. The SMILES string of the molecule is CSc1ccc(-c2nc(-c3ccccc3)c(-c3ccccc3)n2-c2ccc(-c3c4ccccc4c(-c4ccc5ccccc5c4)c4ccccc34)cc2)cc1. The summed E-state index contributed by atoms with van der Waals surface area (Å²) in [5.41, 5.74) is 11.3. The van der Waals surface area contributed by atoms with E-state index in [0.717, 1.165) is 39.6 Å². The average Bonchev–Trinajstić information content (AvgIpc) is 3.67. The van der Waals surface area contributed by atoms with Gasteiger partial charge in [0.15, 0.2) is 0 Å². The monoisotopic (exact) mass is 720 g/mol. The smallest absolute Gasteiger partial charge is 0.145 e. The van der Waals surface area contributed by atoms with E-state index in [1.165, 1.54) is 59.5 Å². The summed E-state index contributed by atoms with van der Waals surface area (Å²) in [5, 5.41) is 7.48. The minimum atomic E-state index is 0.911. The van der Waals surface area contributed by atoms with Gasteiger partial charge in [0.1, 0.15) is 5.82 Å². The number of rotatable bonds is 7. The highest BCUT2D eigenvalue weighted by atomic mass is 32.2. The van der Waals surface area contributed by atoms with Crippen molar-refractivity contribution in [1.82, 2.24) is 9.55 Å². The van der Waals surface area contributed by atoms with Crippen LogP contribution in [0, 0.1) is 0 Å². The largest absolute Gasteiger partial charge is 0.292 e. The van der Waals surface area contributed by atoms with Gasteiger partial charge in [-0.15, -0.1) is 11.8 Å². The van der Waals surface area contributed by atoms with Crippen molar-refractivity contribution in [3.05, 3.63) is 200 Å². The van der Waals surface area contributed by atoms with Crippen LogP contribution in [0.2, 0.25) is 0 Å². The Kier molecular flexibility index (Phi) is 8.35. The van der Waals surface area contributed by atoms with Crippen molar-refractivity contribution in [3.8, 4) is 61.8 Å². The van der Waals surface area contributed by atoms with Gasteiger partial charge >= 0.3 is 0 Å². The topological polar surface area (TPSA) is 17.8 Å². The summed E-state index contributed by atoms with van der Waals surface area (Å²) in [6.45, 7) is 0. The van der Waals surface area contributed by atoms with Crippen LogP contribution in [0.5, 0.6) is 0 Å². The van der Waals surface area contributed by atoms with Gasteiger partial charge < -0.3 is 0 Å². The zero-order valence-corrected chi connectivity index (χ0v) is 31.2. The Hall–Kier alpha value is -6.68. The van der Waals surface area contributed by atoms with Crippen molar-refractivity contribution in [2.75, 3.05) is 6.26 Å². The normalized spacial score (nSPS) is 11.4. The highest BCUT2D eigenvalue weighted by Gasteiger charge is 2.23. The van der Waals surface area contributed by atoms with Crippen LogP contribution in [0.1, 0.15) is 0 Å². The molecule has 0 unspecified atom stereocenters. The first kappa shape index (κ1) is 32.9. The third-order valence-electron chi connectivity index (χ3n) is 10.7. The molecule has 0 radical (unpaired) electrons. The van der Waals surface area contributed by atoms with Crippen molar-refractivity contribution < 1.29 is 0 Å². The number of fused-ring (bicyclic) bond motifs is 3. The Balaban J connectivity index is 1.19. The Morgan fingerprint density at radius 1 is 0.400 bits per heavy atom. The van der Waals surface area contributed by atoms with Gasteiger partial charge in [0.25, 0.3) is 0 Å². The summed E-state index contributed by atoms with van der Waals surface area (Å²) in [7, 11) is 0. The minimum Gasteiger partial charge on any atom is -0.292 e. The van der Waals surface area contributed by atoms with E-state index < -0.39 is 0 Å². The fourth-order valence-electron chi connectivity index (χ4n) is 8.14. The van der Waals surface area contributed by atoms with E-state index in [1.54, 1.807) is 11.8 Å². The maximum atomic E-state index is 5.43. The van der Waals surface area contributed by atoms with Crippen LogP contribution < -0.4 is 0 Å². The molecule has 10 aromatic rings. The summed E-state index contributed by atoms with van der Waals surface area (Å²) in [6, 6.07) is 72.3. The van der Waals surface area contributed by atoms with Crippen LogP contribution in [0.15, 0.2) is 205 Å². The molecule has 260 valence electrons. The standard InChI is InChI=1S/C52H36N2S/c1-55-43-32-28-39(29-33-43)52-53-50(37-15-4-2-5-16-37)51(38-17-6-3-7-18-38)54(52)42-30-26-36(27-31-42)48-44-20-10-12-22-46(44)49(47-23-13-11-21-45(47)48)41-25-24-35-14-8-9-19-40(35)34-41/h2-34H,1H3. The van der Waals surface area contributed by atoms with Gasteiger partial charge in [-0.1, -0.05) is 170 Å². The Labute approximate surface area is 325 Å². The molecule has 55 heavy (non-hydrogen) atoms. The second-order valence-electron chi connectivity index (χ2n) is 13.9. The predicted molar refractivity (Wildman–Crippen MR) is 235 cm³/mol. The molecule has 10 rings (SSSR count). The van der Waals surface area contributed by atoms with Crippen molar-refractivity contribution in [2.24, 2.45) is 0 Å². The van der Waals surface area contributed by atoms with Gasteiger partial charge in [0.2, 0.25) is 0 Å². The lowest BCUT2D eigenvalue weighted by Gasteiger charge is -2.19. The van der Waals surface area contributed by atoms with Crippen LogP contribution in [0.3, 0.4) is 0 Å². The molecule has 0 N–H and O–H groups in total. The lowest BCUT2D eigenvalue weighted by Crippen LogP contribution is -2.00. The minimum absolute atomic E-state index is 0.911. The molecule has 0 amide bonds. The van der Waals surface area contributed by atoms with Crippen molar-refractivity contribution in [3.63, 3.8) is 0 Å². The van der Waals surface area contributed by atoms with Crippen molar-refractivity contribution in [2.45, 2.75) is 4.90 Å². The molecule has 1 heterocycles. The number of nitrogens with zero attached hydrogens (tertiary/aromatic N) is 2. The molecule has 0 spiro atoms. The first-order chi connectivity index (χ1) is 27.2. The number of benzene rings is 9. The van der Waals surface area contributed by atoms with Crippen LogP contribution in [0.25, 0.3) is 94.2 Å². The van der Waals surface area contributed by atoms with Crippen LogP contribution >= 0.6 is 11.8 Å². The van der Waals surface area contributed by atoms with Gasteiger partial charge in [0.05, 0.1) is 11.4 Å². The van der Waals surface area contributed by atoms with Crippen LogP contribution in [-0.2, 0) is 0 Å².